The number of rotatable bonds is 13. The first kappa shape index (κ1) is 70.4. The van der Waals surface area contributed by atoms with E-state index in [0.29, 0.717) is 43.6 Å². The van der Waals surface area contributed by atoms with Crippen LogP contribution in [0.1, 0.15) is 181 Å². The summed E-state index contributed by atoms with van der Waals surface area (Å²) < 4.78 is 77.7. The van der Waals surface area contributed by atoms with E-state index in [0.717, 1.165) is 41.9 Å². The number of ether oxygens (including phenoxy) is 12. The van der Waals surface area contributed by atoms with Crippen LogP contribution in [0.15, 0.2) is 58.2 Å². The van der Waals surface area contributed by atoms with Crippen LogP contribution in [0.2, 0.25) is 0 Å². The Hall–Kier alpha value is -4.38. The highest BCUT2D eigenvalue weighted by molar-refractivity contribution is 6.22. The topological polar surface area (TPSA) is 234 Å². The van der Waals surface area contributed by atoms with Gasteiger partial charge in [0.05, 0.1) is 81.7 Å². The summed E-state index contributed by atoms with van der Waals surface area (Å²) >= 11 is 0. The molecule has 6 fully saturated rings. The number of esters is 2. The minimum atomic E-state index is -1.69. The van der Waals surface area contributed by atoms with Gasteiger partial charge in [-0.1, -0.05) is 90.0 Å². The van der Waals surface area contributed by atoms with Gasteiger partial charge in [-0.2, -0.15) is 0 Å². The predicted octanol–water partition coefficient (Wildman–Crippen LogP) is 12.0. The van der Waals surface area contributed by atoms with Gasteiger partial charge in [-0.25, -0.2) is 9.59 Å². The maximum absolute atomic E-state index is 16.4. The van der Waals surface area contributed by atoms with Crippen LogP contribution in [0.25, 0.3) is 0 Å². The molecule has 0 aromatic heterocycles. The van der Waals surface area contributed by atoms with Gasteiger partial charge in [0.25, 0.3) is 0 Å². The Kier molecular flexibility index (Phi) is 21.4. The van der Waals surface area contributed by atoms with Crippen molar-refractivity contribution in [2.45, 2.75) is 285 Å². The molecule has 5 heterocycles. The van der Waals surface area contributed by atoms with E-state index in [1.807, 2.05) is 48.5 Å². The number of nitro groups is 1. The van der Waals surface area contributed by atoms with Gasteiger partial charge < -0.3 is 62.2 Å². The van der Waals surface area contributed by atoms with Gasteiger partial charge in [0.1, 0.15) is 23.1 Å². The van der Waals surface area contributed by atoms with Crippen LogP contribution in [0.4, 0.5) is 4.79 Å². The van der Waals surface area contributed by atoms with Gasteiger partial charge in [-0.15, -0.1) is 0 Å². The molecule has 0 radical (unpaired) electrons. The molecule has 20 nitrogen and oxygen atoms in total. The largest absolute Gasteiger partial charge is 0.469 e. The van der Waals surface area contributed by atoms with Crippen LogP contribution in [0.5, 0.6) is 0 Å². The number of amides is 1. The van der Waals surface area contributed by atoms with Crippen molar-refractivity contribution in [3.05, 3.63) is 68.4 Å². The average molecular weight is 1290 g/mol. The van der Waals surface area contributed by atoms with E-state index in [9.17, 15) is 24.5 Å². The zero-order valence-electron chi connectivity index (χ0n) is 58.0. The fraction of sp³-hybridized carbons (Fsp3) is 0.806. The lowest BCUT2D eigenvalue weighted by Crippen LogP contribution is -2.65. The van der Waals surface area contributed by atoms with Crippen molar-refractivity contribution >= 4 is 23.8 Å². The maximum Gasteiger partial charge on any atom is 0.407 e. The quantitative estimate of drug-likeness (QED) is 0.0451. The van der Waals surface area contributed by atoms with E-state index < -0.39 is 119 Å². The first-order chi connectivity index (χ1) is 43.4. The molecule has 4 saturated heterocycles. The second kappa shape index (κ2) is 28.0. The lowest BCUT2D eigenvalue weighted by molar-refractivity contribution is -0.584. The molecular formula is C72H108N2O18. The number of carbonyl (C=O) groups excluding carboxylic acids is 4. The molecule has 92 heavy (non-hydrogen) atoms. The Morgan fingerprint density at radius 1 is 0.652 bits per heavy atom. The highest BCUT2D eigenvalue weighted by Crippen LogP contribution is 2.60. The van der Waals surface area contributed by atoms with Crippen LogP contribution >= 0.6 is 0 Å². The lowest BCUT2D eigenvalue weighted by Gasteiger charge is -2.56. The molecule has 20 heteroatoms. The summed E-state index contributed by atoms with van der Waals surface area (Å²) in [5.74, 6) is -2.25. The number of nitrogens with one attached hydrogen (secondary N) is 1. The minimum absolute atomic E-state index is 0.00365. The van der Waals surface area contributed by atoms with Gasteiger partial charge in [-0.05, 0) is 146 Å². The normalized spacial score (nSPS) is 47.3. The van der Waals surface area contributed by atoms with Gasteiger partial charge in [0.15, 0.2) is 30.9 Å². The third-order valence-electron chi connectivity index (χ3n) is 23.9. The fourth-order valence-electron chi connectivity index (χ4n) is 18.7. The lowest BCUT2D eigenvalue weighted by atomic mass is 9.48. The number of allylic oxidation sites excluding steroid dienone is 3. The summed E-state index contributed by atoms with van der Waals surface area (Å²) in [6.45, 7) is 32.4. The number of alkyl carbamates (subject to hydrolysis) is 1. The molecule has 0 aromatic carbocycles. The second-order valence-corrected chi connectivity index (χ2v) is 30.4. The zero-order valence-corrected chi connectivity index (χ0v) is 58.0. The summed E-state index contributed by atoms with van der Waals surface area (Å²) in [7, 11) is 2.58. The number of methoxy groups -OCH3 is 2. The first-order valence-corrected chi connectivity index (χ1v) is 34.6. The van der Waals surface area contributed by atoms with E-state index in [1.54, 1.807) is 6.92 Å². The molecule has 5 aliphatic carbocycles. The summed E-state index contributed by atoms with van der Waals surface area (Å²) in [5.41, 5.74) is -0.675. The average Bonchev–Trinajstić information content (AvgIpc) is 1.31. The van der Waals surface area contributed by atoms with Gasteiger partial charge in [0.2, 0.25) is 5.54 Å². The Balaban J connectivity index is 0.897. The molecule has 10 rings (SSSR count). The second-order valence-electron chi connectivity index (χ2n) is 30.4. The smallest absolute Gasteiger partial charge is 0.407 e. The van der Waals surface area contributed by atoms with Crippen LogP contribution < -0.4 is 5.32 Å². The third-order valence-corrected chi connectivity index (χ3v) is 23.9. The number of ketones is 1. The van der Waals surface area contributed by atoms with Crippen molar-refractivity contribution in [3.63, 3.8) is 0 Å². The highest BCUT2D eigenvalue weighted by Gasteiger charge is 2.63. The zero-order chi connectivity index (χ0) is 66.8. The molecule has 1 N–H and O–H groups in total. The van der Waals surface area contributed by atoms with Crippen molar-refractivity contribution in [2.24, 2.45) is 70.5 Å². The predicted molar refractivity (Wildman–Crippen MR) is 341 cm³/mol. The minimum Gasteiger partial charge on any atom is -0.469 e. The number of fused-ring (bicyclic) bond motifs is 3. The Bertz CT molecular complexity index is 2890. The number of carbonyl (C=O) groups is 4. The summed E-state index contributed by atoms with van der Waals surface area (Å²) in [6.07, 6.45) is 9.91. The van der Waals surface area contributed by atoms with Crippen LogP contribution in [-0.4, -0.2) is 146 Å². The maximum atomic E-state index is 16.4. The highest BCUT2D eigenvalue weighted by atomic mass is 16.7. The van der Waals surface area contributed by atoms with Crippen molar-refractivity contribution in [2.75, 3.05) is 14.2 Å². The molecule has 5 aliphatic heterocycles. The number of Topliss-reactive ketones (excluding diaryl/α,β-unsaturated/α-hetero) is 1. The number of nitrogens with zero attached hydrogens (tertiary/aromatic N) is 1. The summed E-state index contributed by atoms with van der Waals surface area (Å²) in [6, 6.07) is -1.02. The molecule has 1 amide bonds. The Labute approximate surface area is 545 Å². The molecule has 2 bridgehead atoms. The van der Waals surface area contributed by atoms with Crippen molar-refractivity contribution in [3.8, 4) is 0 Å². The third kappa shape index (κ3) is 13.6. The molecule has 29 atom stereocenters. The molecule has 1 spiro atoms. The van der Waals surface area contributed by atoms with Crippen LogP contribution in [0.3, 0.4) is 0 Å². The molecule has 514 valence electrons. The van der Waals surface area contributed by atoms with Crippen molar-refractivity contribution in [1.82, 2.24) is 5.32 Å². The summed E-state index contributed by atoms with van der Waals surface area (Å²) in [4.78, 5) is 70.2. The van der Waals surface area contributed by atoms with Crippen molar-refractivity contribution < 1.29 is 80.9 Å². The van der Waals surface area contributed by atoms with E-state index in [1.165, 1.54) is 27.6 Å². The number of hydrogen-bond donors (Lipinski definition) is 1. The molecule has 0 aromatic rings. The van der Waals surface area contributed by atoms with Crippen LogP contribution in [0, 0.1) is 80.6 Å². The fourth-order valence-corrected chi connectivity index (χ4v) is 18.7. The summed E-state index contributed by atoms with van der Waals surface area (Å²) in [5, 5.41) is 15.6. The molecular weight excluding hydrogens is 1180 g/mol. The molecule has 29 unspecified atom stereocenters. The standard InChI is InChI=1S/C72H108N2O18/c1-35-27-39(5)52-30-40(6)53(88-59-34-70(15,74(79)80)65(48(14)86-59)73-69(78)82-18)24-20-37(3)51-23-22-50-62(71(51,16)66(75)60-44(10)72(52,33-35)92-68(60)77)41(7)28-42(8)64(50)91-58-32-55(61(46(12)84-58)67(76)81-17)90-56-26-25-54(45(11)83-56)89-57-31-43(9)63(47(13)85-57)87-49-21-19-36(2)38(4)29-49/h20,22-23,27,30,36,38-39,41-43,45-59,61-65H,19,21,24-26,28-29,31-34H2,1-18H3,(H,73,78)/b37-20+,40-30?. The molecule has 2 saturated carbocycles. The SMILES string of the molecule is COC(=O)NC1C(C)OC(OC2C/C=C(\C)C3C=CC4C(OC5CC(OC6CCC(OC7CC(C)C(OC8CCC(C)C(C)C8)C(C)O7)C(C)O6)C(C(=O)OC)C(C)O5)C(C)CC(C)C4C3(C)C(=O)C3=C(C)C4(CC(C)=CC(C)C4C=C2C)OC3=O)CC1(C)[N+](=O)[O-]. The number of hydrogen-bond acceptors (Lipinski definition) is 18. The van der Waals surface area contributed by atoms with E-state index >= 15 is 4.79 Å². The molecule has 10 aliphatic rings. The van der Waals surface area contributed by atoms with E-state index in [2.05, 4.69) is 84.2 Å². The van der Waals surface area contributed by atoms with Gasteiger partial charge in [-0.3, -0.25) is 19.7 Å². The monoisotopic (exact) mass is 1290 g/mol. The van der Waals surface area contributed by atoms with E-state index in [4.69, 9.17) is 56.8 Å². The van der Waals surface area contributed by atoms with Gasteiger partial charge in [0, 0.05) is 60.7 Å². The first-order valence-electron chi connectivity index (χ1n) is 34.6. The van der Waals surface area contributed by atoms with Gasteiger partial charge >= 0.3 is 18.0 Å². The van der Waals surface area contributed by atoms with E-state index in [-0.39, 0.29) is 90.2 Å². The van der Waals surface area contributed by atoms with Crippen molar-refractivity contribution in [1.29, 1.82) is 0 Å². The van der Waals surface area contributed by atoms with Crippen LogP contribution in [-0.2, 0) is 71.2 Å². The Morgan fingerprint density at radius 3 is 2.00 bits per heavy atom. The Morgan fingerprint density at radius 2 is 1.33 bits per heavy atom.